The minimum atomic E-state index is -4.92. The predicted octanol–water partition coefficient (Wildman–Crippen LogP) is 8.24. The van der Waals surface area contributed by atoms with Crippen molar-refractivity contribution in [3.05, 3.63) is 147 Å². The van der Waals surface area contributed by atoms with E-state index in [1.807, 2.05) is 32.0 Å². The summed E-state index contributed by atoms with van der Waals surface area (Å²) in [6.07, 6.45) is -4.92. The zero-order valence-electron chi connectivity index (χ0n) is 25.6. The molecular formula is C37H29F3N2O5. The topological polar surface area (TPSA) is 102 Å². The third kappa shape index (κ3) is 6.89. The quantitative estimate of drug-likeness (QED) is 0.175. The number of aromatic nitrogens is 1. The van der Waals surface area contributed by atoms with Crippen molar-refractivity contribution in [2.75, 3.05) is 0 Å². The Morgan fingerprint density at radius 3 is 2.02 bits per heavy atom. The minimum Gasteiger partial charge on any atom is -0.478 e. The number of alkyl halides is 3. The van der Waals surface area contributed by atoms with Crippen LogP contribution in [0.5, 0.6) is 17.2 Å². The molecule has 1 aromatic heterocycles. The van der Waals surface area contributed by atoms with Crippen LogP contribution in [0.3, 0.4) is 0 Å². The van der Waals surface area contributed by atoms with Crippen molar-refractivity contribution in [3.63, 3.8) is 0 Å². The Balaban J connectivity index is 1.43. The van der Waals surface area contributed by atoms with E-state index in [0.717, 1.165) is 22.8 Å². The van der Waals surface area contributed by atoms with E-state index in [9.17, 15) is 33.1 Å². The van der Waals surface area contributed by atoms with E-state index in [1.165, 1.54) is 29.7 Å². The van der Waals surface area contributed by atoms with Crippen molar-refractivity contribution in [2.24, 2.45) is 0 Å². The molecule has 0 aliphatic carbocycles. The van der Waals surface area contributed by atoms with Crippen LogP contribution < -0.4 is 15.0 Å². The Morgan fingerprint density at radius 2 is 1.47 bits per heavy atom. The molecule has 1 atom stereocenters. The first-order valence-corrected chi connectivity index (χ1v) is 14.5. The zero-order valence-corrected chi connectivity index (χ0v) is 25.6. The van der Waals surface area contributed by atoms with Gasteiger partial charge in [-0.25, -0.2) is 4.79 Å². The number of carbonyl (C=O) groups is 1. The second-order valence-corrected chi connectivity index (χ2v) is 11.2. The molecule has 0 spiro atoms. The second kappa shape index (κ2) is 12.9. The molecule has 0 radical (unpaired) electrons. The van der Waals surface area contributed by atoms with Gasteiger partial charge in [0.15, 0.2) is 0 Å². The van der Waals surface area contributed by atoms with E-state index in [-0.39, 0.29) is 12.2 Å². The molecule has 0 aliphatic rings. The maximum absolute atomic E-state index is 14.0. The monoisotopic (exact) mass is 638 g/mol. The van der Waals surface area contributed by atoms with Crippen LogP contribution in [0.2, 0.25) is 0 Å². The fourth-order valence-corrected chi connectivity index (χ4v) is 5.19. The highest BCUT2D eigenvalue weighted by molar-refractivity contribution is 5.79. The SMILES string of the molecule is Cc1ccc(Cn2c(-c3ccc(Oc4ccc(OC(C)(C(=O)O)c5ccccc5)cc4)cc3)cc(C(F)(F)F)c(C#N)c2=O)c(C)c1. The van der Waals surface area contributed by atoms with Crippen LogP contribution >= 0.6 is 0 Å². The van der Waals surface area contributed by atoms with Crippen molar-refractivity contribution >= 4 is 5.97 Å². The van der Waals surface area contributed by atoms with Gasteiger partial charge in [-0.1, -0.05) is 54.1 Å². The largest absolute Gasteiger partial charge is 0.478 e. The number of nitriles is 1. The van der Waals surface area contributed by atoms with Crippen molar-refractivity contribution in [1.29, 1.82) is 5.26 Å². The number of nitrogens with zero attached hydrogens (tertiary/aromatic N) is 2. The lowest BCUT2D eigenvalue weighted by Crippen LogP contribution is -2.38. The van der Waals surface area contributed by atoms with E-state index in [2.05, 4.69) is 0 Å². The summed E-state index contributed by atoms with van der Waals surface area (Å²) in [6.45, 7) is 5.18. The third-order valence-corrected chi connectivity index (χ3v) is 7.81. The maximum Gasteiger partial charge on any atom is 0.417 e. The van der Waals surface area contributed by atoms with Crippen LogP contribution in [0, 0.1) is 25.2 Å². The van der Waals surface area contributed by atoms with Gasteiger partial charge in [-0.05, 0) is 92.1 Å². The molecule has 10 heteroatoms. The van der Waals surface area contributed by atoms with Gasteiger partial charge in [-0.3, -0.25) is 4.79 Å². The highest BCUT2D eigenvalue weighted by Gasteiger charge is 2.38. The standard InChI is InChI=1S/C37H29F3N2O5/c1-23-9-10-26(24(2)19-23)22-42-33(20-32(37(38,39)40)31(21-41)34(42)43)25-11-13-28(14-12-25)46-29-15-17-30(18-16-29)47-36(3,35(44)45)27-7-5-4-6-8-27/h4-20H,22H2,1-3H3,(H,44,45). The van der Waals surface area contributed by atoms with Crippen LogP contribution in [0.4, 0.5) is 13.2 Å². The Kier molecular flexibility index (Phi) is 8.93. The lowest BCUT2D eigenvalue weighted by molar-refractivity contribution is -0.154. The lowest BCUT2D eigenvalue weighted by atomic mass is 9.96. The van der Waals surface area contributed by atoms with Gasteiger partial charge in [-0.15, -0.1) is 0 Å². The molecule has 4 aromatic carbocycles. The summed E-state index contributed by atoms with van der Waals surface area (Å²) < 4.78 is 54.9. The summed E-state index contributed by atoms with van der Waals surface area (Å²) in [5.41, 5.74) is -1.58. The van der Waals surface area contributed by atoms with Crippen molar-refractivity contribution in [3.8, 4) is 34.6 Å². The van der Waals surface area contributed by atoms with Crippen LogP contribution in [-0.2, 0) is 23.1 Å². The predicted molar refractivity (Wildman–Crippen MR) is 169 cm³/mol. The fraction of sp³-hybridized carbons (Fsp3) is 0.162. The molecule has 0 saturated carbocycles. The average molecular weight is 639 g/mol. The normalized spacial score (nSPS) is 12.5. The molecular weight excluding hydrogens is 609 g/mol. The van der Waals surface area contributed by atoms with Crippen molar-refractivity contribution in [1.82, 2.24) is 4.57 Å². The Hall–Kier alpha value is -5.82. The molecule has 0 bridgehead atoms. The van der Waals surface area contributed by atoms with Gasteiger partial charge in [0.25, 0.3) is 5.56 Å². The number of halogens is 3. The van der Waals surface area contributed by atoms with Gasteiger partial charge < -0.3 is 19.1 Å². The molecule has 47 heavy (non-hydrogen) atoms. The van der Waals surface area contributed by atoms with E-state index in [1.54, 1.807) is 66.7 Å². The number of ether oxygens (including phenoxy) is 2. The maximum atomic E-state index is 14.0. The number of pyridine rings is 1. The number of rotatable bonds is 9. The van der Waals surface area contributed by atoms with Crippen LogP contribution in [0.15, 0.2) is 108 Å². The first-order chi connectivity index (χ1) is 22.3. The minimum absolute atomic E-state index is 0.00533. The number of hydrogen-bond donors (Lipinski definition) is 1. The van der Waals surface area contributed by atoms with Gasteiger partial charge in [0, 0.05) is 5.56 Å². The molecule has 1 N–H and O–H groups in total. The van der Waals surface area contributed by atoms with Crippen LogP contribution in [-0.4, -0.2) is 15.6 Å². The summed E-state index contributed by atoms with van der Waals surface area (Å²) in [7, 11) is 0. The number of hydrogen-bond acceptors (Lipinski definition) is 5. The molecule has 0 amide bonds. The first kappa shape index (κ1) is 32.6. The molecule has 5 rings (SSSR count). The van der Waals surface area contributed by atoms with E-state index in [4.69, 9.17) is 9.47 Å². The van der Waals surface area contributed by atoms with Crippen molar-refractivity contribution in [2.45, 2.75) is 39.1 Å². The summed E-state index contributed by atoms with van der Waals surface area (Å²) in [5.74, 6) is -0.112. The molecule has 1 unspecified atom stereocenters. The Labute approximate surface area is 268 Å². The first-order valence-electron chi connectivity index (χ1n) is 14.5. The molecule has 0 saturated heterocycles. The van der Waals surface area contributed by atoms with Gasteiger partial charge in [0.2, 0.25) is 5.60 Å². The van der Waals surface area contributed by atoms with Crippen LogP contribution in [0.25, 0.3) is 11.3 Å². The summed E-state index contributed by atoms with van der Waals surface area (Å²) >= 11 is 0. The number of carboxylic acid groups (broad SMARTS) is 1. The van der Waals surface area contributed by atoms with E-state index in [0.29, 0.717) is 28.4 Å². The highest BCUT2D eigenvalue weighted by atomic mass is 19.4. The smallest absolute Gasteiger partial charge is 0.417 e. The summed E-state index contributed by atoms with van der Waals surface area (Å²) in [6, 6.07) is 28.9. The average Bonchev–Trinajstić information content (AvgIpc) is 3.04. The number of carboxylic acids is 1. The van der Waals surface area contributed by atoms with E-state index < -0.39 is 34.4 Å². The lowest BCUT2D eigenvalue weighted by Gasteiger charge is -2.26. The second-order valence-electron chi connectivity index (χ2n) is 11.2. The molecule has 7 nitrogen and oxygen atoms in total. The number of benzene rings is 4. The van der Waals surface area contributed by atoms with Gasteiger partial charge >= 0.3 is 12.1 Å². The fourth-order valence-electron chi connectivity index (χ4n) is 5.19. The van der Waals surface area contributed by atoms with E-state index >= 15 is 0 Å². The Bertz CT molecular complexity index is 2030. The molecule has 0 aliphatic heterocycles. The van der Waals surface area contributed by atoms with Gasteiger partial charge in [0.1, 0.15) is 28.9 Å². The summed E-state index contributed by atoms with van der Waals surface area (Å²) in [5, 5.41) is 19.4. The molecule has 5 aromatic rings. The van der Waals surface area contributed by atoms with Gasteiger partial charge in [0.05, 0.1) is 17.8 Å². The third-order valence-electron chi connectivity index (χ3n) is 7.81. The highest BCUT2D eigenvalue weighted by Crippen LogP contribution is 2.35. The van der Waals surface area contributed by atoms with Crippen LogP contribution in [0.1, 0.15) is 40.3 Å². The number of aryl methyl sites for hydroxylation is 2. The zero-order chi connectivity index (χ0) is 33.9. The van der Waals surface area contributed by atoms with Crippen molar-refractivity contribution < 1.29 is 32.5 Å². The summed E-state index contributed by atoms with van der Waals surface area (Å²) in [4.78, 5) is 25.4. The van der Waals surface area contributed by atoms with Gasteiger partial charge in [-0.2, -0.15) is 18.4 Å². The molecule has 1 heterocycles. The number of aliphatic carboxylic acids is 1. The molecule has 238 valence electrons. The molecule has 0 fully saturated rings. The Morgan fingerprint density at radius 1 is 0.872 bits per heavy atom.